The van der Waals surface area contributed by atoms with Gasteiger partial charge in [-0.2, -0.15) is 17.7 Å². The fourth-order valence-corrected chi connectivity index (χ4v) is 3.20. The first-order valence-electron chi connectivity index (χ1n) is 7.72. The van der Waals surface area contributed by atoms with Gasteiger partial charge in [0.25, 0.3) is 0 Å². The second-order valence-electron chi connectivity index (χ2n) is 5.92. The van der Waals surface area contributed by atoms with Crippen molar-refractivity contribution in [2.75, 3.05) is 0 Å². The Balaban J connectivity index is 1.98. The van der Waals surface area contributed by atoms with Crippen LogP contribution in [0.1, 0.15) is 27.9 Å². The monoisotopic (exact) mass is 335 g/mol. The lowest BCUT2D eigenvalue weighted by atomic mass is 10.1. The zero-order valence-corrected chi connectivity index (χ0v) is 14.3. The van der Waals surface area contributed by atoms with Gasteiger partial charge in [-0.25, -0.2) is 9.97 Å². The molecule has 0 radical (unpaired) electrons. The van der Waals surface area contributed by atoms with E-state index in [-0.39, 0.29) is 5.25 Å². The topological polar surface area (TPSA) is 58.9 Å². The van der Waals surface area contributed by atoms with Gasteiger partial charge in [0.1, 0.15) is 23.0 Å². The van der Waals surface area contributed by atoms with E-state index in [1.165, 1.54) is 11.9 Å². The van der Waals surface area contributed by atoms with E-state index in [9.17, 15) is 0 Å². The largest absolute Gasteiger partial charge is 0.302 e. The Hall–Kier alpha value is -2.60. The number of aromatic nitrogens is 5. The lowest BCUT2D eigenvalue weighted by molar-refractivity contribution is 0.913. The van der Waals surface area contributed by atoms with E-state index in [4.69, 9.17) is 17.6 Å². The van der Waals surface area contributed by atoms with Crippen LogP contribution in [0.25, 0.3) is 16.9 Å². The molecule has 24 heavy (non-hydrogen) atoms. The number of nitrogens with zero attached hydrogens (tertiary/aromatic N) is 4. The van der Waals surface area contributed by atoms with Crippen LogP contribution in [0, 0.1) is 13.8 Å². The summed E-state index contributed by atoms with van der Waals surface area (Å²) in [5.74, 6) is 0.704. The molecule has 0 aliphatic carbocycles. The zero-order chi connectivity index (χ0) is 16.7. The number of hydrogen-bond donors (Lipinski definition) is 2. The maximum Gasteiger partial charge on any atom is 0.143 e. The highest BCUT2D eigenvalue weighted by Crippen LogP contribution is 2.35. The van der Waals surface area contributed by atoms with Gasteiger partial charge in [-0.1, -0.05) is 35.9 Å². The van der Waals surface area contributed by atoms with Crippen molar-refractivity contribution in [1.82, 2.24) is 24.6 Å². The quantitative estimate of drug-likeness (QED) is 0.561. The molecule has 0 bridgehead atoms. The van der Waals surface area contributed by atoms with Crippen molar-refractivity contribution >= 4 is 18.3 Å². The van der Waals surface area contributed by atoms with Crippen LogP contribution >= 0.6 is 12.6 Å². The molecule has 1 aromatic carbocycles. The van der Waals surface area contributed by atoms with Crippen LogP contribution in [0.3, 0.4) is 0 Å². The number of aromatic amines is 1. The minimum absolute atomic E-state index is 0.249. The van der Waals surface area contributed by atoms with Gasteiger partial charge in [0.15, 0.2) is 0 Å². The van der Waals surface area contributed by atoms with Crippen LogP contribution in [0.4, 0.5) is 0 Å². The Kier molecular flexibility index (Phi) is 3.61. The molecular formula is C18H17N5S. The van der Waals surface area contributed by atoms with Crippen LogP contribution in [-0.2, 0) is 0 Å². The summed E-state index contributed by atoms with van der Waals surface area (Å²) in [5, 5.41) is 6.61. The van der Waals surface area contributed by atoms with Crippen LogP contribution < -0.4 is 0 Å². The molecule has 3 aromatic heterocycles. The number of H-pyrrole nitrogens is 1. The van der Waals surface area contributed by atoms with Gasteiger partial charge in [-0.15, -0.1) is 0 Å². The Morgan fingerprint density at radius 3 is 2.50 bits per heavy atom. The highest BCUT2D eigenvalue weighted by molar-refractivity contribution is 7.80. The standard InChI is InChI=1S/C18H17N5S/c1-11-3-6-13(7-4-11)15-16(17(24)18-19-10-20-22-18)23-9-12(2)5-8-14(23)21-15/h3-10,17,24H,1-2H3,(H,19,20,22). The van der Waals surface area contributed by atoms with Crippen LogP contribution in [0.5, 0.6) is 0 Å². The summed E-state index contributed by atoms with van der Waals surface area (Å²) in [5.41, 5.74) is 6.24. The van der Waals surface area contributed by atoms with E-state index in [1.807, 2.05) is 6.07 Å². The molecule has 4 rings (SSSR count). The second kappa shape index (κ2) is 5.79. The molecule has 5 nitrogen and oxygen atoms in total. The lowest BCUT2D eigenvalue weighted by Gasteiger charge is -2.11. The molecule has 0 saturated carbocycles. The summed E-state index contributed by atoms with van der Waals surface area (Å²) in [4.78, 5) is 9.10. The summed E-state index contributed by atoms with van der Waals surface area (Å²) < 4.78 is 2.09. The second-order valence-corrected chi connectivity index (χ2v) is 6.44. The normalized spacial score (nSPS) is 12.6. The number of benzene rings is 1. The summed E-state index contributed by atoms with van der Waals surface area (Å²) in [6.07, 6.45) is 3.58. The third kappa shape index (κ3) is 2.49. The molecule has 6 heteroatoms. The number of fused-ring (bicyclic) bond motifs is 1. The van der Waals surface area contributed by atoms with E-state index >= 15 is 0 Å². The zero-order valence-electron chi connectivity index (χ0n) is 13.4. The van der Waals surface area contributed by atoms with E-state index in [0.29, 0.717) is 5.82 Å². The Morgan fingerprint density at radius 2 is 1.79 bits per heavy atom. The van der Waals surface area contributed by atoms with Gasteiger partial charge >= 0.3 is 0 Å². The Bertz CT molecular complexity index is 986. The van der Waals surface area contributed by atoms with Crippen molar-refractivity contribution in [2.45, 2.75) is 19.1 Å². The first-order chi connectivity index (χ1) is 11.6. The van der Waals surface area contributed by atoms with Gasteiger partial charge in [-0.05, 0) is 25.5 Å². The smallest absolute Gasteiger partial charge is 0.143 e. The molecule has 0 fully saturated rings. The molecule has 0 aliphatic rings. The SMILES string of the molecule is Cc1ccc(-c2nc3ccc(C)cn3c2C(S)c2ncn[nH]2)cc1. The van der Waals surface area contributed by atoms with Gasteiger partial charge in [0, 0.05) is 11.8 Å². The summed E-state index contributed by atoms with van der Waals surface area (Å²) >= 11 is 4.80. The van der Waals surface area contributed by atoms with Crippen LogP contribution in [0.2, 0.25) is 0 Å². The number of pyridine rings is 1. The number of rotatable bonds is 3. The molecule has 0 saturated heterocycles. The van der Waals surface area contributed by atoms with Gasteiger partial charge in [0.2, 0.25) is 0 Å². The molecular weight excluding hydrogens is 318 g/mol. The molecule has 1 atom stereocenters. The summed E-state index contributed by atoms with van der Waals surface area (Å²) in [6, 6.07) is 12.5. The fourth-order valence-electron chi connectivity index (χ4n) is 2.83. The maximum absolute atomic E-state index is 4.84. The van der Waals surface area contributed by atoms with E-state index in [1.54, 1.807) is 0 Å². The molecule has 0 spiro atoms. The fraction of sp³-hybridized carbons (Fsp3) is 0.167. The number of imidazole rings is 1. The molecule has 1 unspecified atom stereocenters. The minimum atomic E-state index is -0.249. The average molecular weight is 335 g/mol. The Labute approximate surface area is 145 Å². The van der Waals surface area contributed by atoms with E-state index in [0.717, 1.165) is 28.2 Å². The number of aryl methyl sites for hydroxylation is 2. The van der Waals surface area contributed by atoms with E-state index < -0.39 is 0 Å². The average Bonchev–Trinajstić information content (AvgIpc) is 3.22. The maximum atomic E-state index is 4.84. The lowest BCUT2D eigenvalue weighted by Crippen LogP contribution is -2.03. The van der Waals surface area contributed by atoms with Crippen molar-refractivity contribution in [3.8, 4) is 11.3 Å². The molecule has 4 aromatic rings. The van der Waals surface area contributed by atoms with Crippen molar-refractivity contribution in [2.24, 2.45) is 0 Å². The van der Waals surface area contributed by atoms with Crippen LogP contribution in [-0.4, -0.2) is 24.6 Å². The highest BCUT2D eigenvalue weighted by Gasteiger charge is 2.23. The number of thiol groups is 1. The summed E-state index contributed by atoms with van der Waals surface area (Å²) in [7, 11) is 0. The van der Waals surface area contributed by atoms with Gasteiger partial charge in [0.05, 0.1) is 11.4 Å². The molecule has 120 valence electrons. The van der Waals surface area contributed by atoms with Gasteiger partial charge < -0.3 is 4.40 Å². The molecule has 0 amide bonds. The van der Waals surface area contributed by atoms with Crippen molar-refractivity contribution in [3.63, 3.8) is 0 Å². The van der Waals surface area contributed by atoms with Crippen molar-refractivity contribution in [1.29, 1.82) is 0 Å². The number of nitrogens with one attached hydrogen (secondary N) is 1. The predicted octanol–water partition coefficient (Wildman–Crippen LogP) is 3.76. The molecule has 0 aliphatic heterocycles. The third-order valence-electron chi connectivity index (χ3n) is 4.08. The first-order valence-corrected chi connectivity index (χ1v) is 8.24. The molecule has 3 heterocycles. The van der Waals surface area contributed by atoms with Crippen LogP contribution in [0.15, 0.2) is 48.9 Å². The first kappa shape index (κ1) is 15.0. The molecule has 1 N–H and O–H groups in total. The van der Waals surface area contributed by atoms with E-state index in [2.05, 4.69) is 70.0 Å². The third-order valence-corrected chi connectivity index (χ3v) is 4.57. The van der Waals surface area contributed by atoms with Crippen molar-refractivity contribution in [3.05, 3.63) is 71.6 Å². The van der Waals surface area contributed by atoms with Crippen molar-refractivity contribution < 1.29 is 0 Å². The predicted molar refractivity (Wildman–Crippen MR) is 97.3 cm³/mol. The van der Waals surface area contributed by atoms with Gasteiger partial charge in [-0.3, -0.25) is 5.10 Å². The minimum Gasteiger partial charge on any atom is -0.302 e. The highest BCUT2D eigenvalue weighted by atomic mass is 32.1. The summed E-state index contributed by atoms with van der Waals surface area (Å²) in [6.45, 7) is 4.14. The Morgan fingerprint density at radius 1 is 1.04 bits per heavy atom. The number of hydrogen-bond acceptors (Lipinski definition) is 4.